The monoisotopic (exact) mass is 342 g/mol. The second kappa shape index (κ2) is 6.75. The predicted molar refractivity (Wildman–Crippen MR) is 76.2 cm³/mol. The quantitative estimate of drug-likeness (QED) is 0.582. The molecule has 0 saturated carbocycles. The van der Waals surface area contributed by atoms with Crippen LogP contribution in [-0.4, -0.2) is 23.5 Å². The predicted octanol–water partition coefficient (Wildman–Crippen LogP) is 1.66. The van der Waals surface area contributed by atoms with Crippen LogP contribution in [0.1, 0.15) is 12.7 Å². The van der Waals surface area contributed by atoms with E-state index in [2.05, 4.69) is 5.32 Å². The smallest absolute Gasteiger partial charge is 0.313 e. The SMILES string of the molecule is CC(O)(CNC(=O)C(=O)Nc1cc(F)c(F)cc1F)c1ccco1. The highest BCUT2D eigenvalue weighted by Crippen LogP contribution is 2.20. The second-order valence-electron chi connectivity index (χ2n) is 5.13. The Labute approximate surface area is 134 Å². The number of furan rings is 1. The van der Waals surface area contributed by atoms with Gasteiger partial charge in [-0.05, 0) is 19.1 Å². The van der Waals surface area contributed by atoms with E-state index in [-0.39, 0.29) is 18.4 Å². The van der Waals surface area contributed by atoms with Crippen LogP contribution in [0.15, 0.2) is 34.9 Å². The highest BCUT2D eigenvalue weighted by atomic mass is 19.2. The van der Waals surface area contributed by atoms with Crippen molar-refractivity contribution in [1.82, 2.24) is 5.32 Å². The molecule has 0 bridgehead atoms. The summed E-state index contributed by atoms with van der Waals surface area (Å²) in [4.78, 5) is 23.3. The van der Waals surface area contributed by atoms with Gasteiger partial charge in [-0.2, -0.15) is 0 Å². The van der Waals surface area contributed by atoms with Crippen LogP contribution < -0.4 is 10.6 Å². The summed E-state index contributed by atoms with van der Waals surface area (Å²) in [5.41, 5.74) is -2.26. The molecule has 1 heterocycles. The molecule has 128 valence electrons. The van der Waals surface area contributed by atoms with E-state index in [4.69, 9.17) is 4.42 Å². The number of benzene rings is 1. The molecule has 0 spiro atoms. The third-order valence-corrected chi connectivity index (χ3v) is 3.11. The topological polar surface area (TPSA) is 91.6 Å². The molecule has 0 aliphatic rings. The molecule has 3 N–H and O–H groups in total. The first-order chi connectivity index (χ1) is 11.2. The Morgan fingerprint density at radius 2 is 1.83 bits per heavy atom. The van der Waals surface area contributed by atoms with E-state index in [9.17, 15) is 27.9 Å². The van der Waals surface area contributed by atoms with Crippen molar-refractivity contribution in [3.05, 3.63) is 53.7 Å². The summed E-state index contributed by atoms with van der Waals surface area (Å²) in [5, 5.41) is 14.1. The van der Waals surface area contributed by atoms with E-state index in [0.29, 0.717) is 6.07 Å². The summed E-state index contributed by atoms with van der Waals surface area (Å²) in [6.45, 7) is 0.978. The Morgan fingerprint density at radius 3 is 2.46 bits per heavy atom. The Balaban J connectivity index is 1.98. The number of hydrogen-bond acceptors (Lipinski definition) is 4. The van der Waals surface area contributed by atoms with Gasteiger partial charge in [-0.1, -0.05) is 0 Å². The van der Waals surface area contributed by atoms with Crippen LogP contribution in [-0.2, 0) is 15.2 Å². The maximum atomic E-state index is 13.4. The van der Waals surface area contributed by atoms with Gasteiger partial charge in [0.25, 0.3) is 0 Å². The van der Waals surface area contributed by atoms with Crippen molar-refractivity contribution in [2.45, 2.75) is 12.5 Å². The van der Waals surface area contributed by atoms with Crippen LogP contribution in [0.4, 0.5) is 18.9 Å². The molecule has 2 aromatic rings. The maximum absolute atomic E-state index is 13.4. The number of carbonyl (C=O) groups is 2. The average molecular weight is 342 g/mol. The Hall–Kier alpha value is -2.81. The zero-order valence-electron chi connectivity index (χ0n) is 12.4. The molecule has 2 amide bonds. The van der Waals surface area contributed by atoms with Gasteiger partial charge >= 0.3 is 11.8 Å². The zero-order valence-corrected chi connectivity index (χ0v) is 12.4. The van der Waals surface area contributed by atoms with Crippen LogP contribution in [0.25, 0.3) is 0 Å². The molecule has 0 aliphatic carbocycles. The first kappa shape index (κ1) is 17.5. The Bertz CT molecular complexity index is 760. The molecule has 2 rings (SSSR count). The Morgan fingerprint density at radius 1 is 1.17 bits per heavy atom. The summed E-state index contributed by atoms with van der Waals surface area (Å²) in [6.07, 6.45) is 1.32. The minimum absolute atomic E-state index is 0.162. The van der Waals surface area contributed by atoms with Crippen molar-refractivity contribution in [1.29, 1.82) is 0 Å². The fourth-order valence-corrected chi connectivity index (χ4v) is 1.80. The van der Waals surface area contributed by atoms with Crippen LogP contribution in [0.3, 0.4) is 0 Å². The standard InChI is InChI=1S/C15H13F3N2O4/c1-15(23,12-3-2-4-24-12)7-19-13(21)14(22)20-11-6-9(17)8(16)5-10(11)18/h2-6,23H,7H2,1H3,(H,19,21)(H,20,22). The minimum Gasteiger partial charge on any atom is -0.466 e. The summed E-state index contributed by atoms with van der Waals surface area (Å²) in [5.74, 6) is -6.40. The van der Waals surface area contributed by atoms with Crippen molar-refractivity contribution in [2.75, 3.05) is 11.9 Å². The molecule has 1 unspecified atom stereocenters. The third kappa shape index (κ3) is 3.93. The van der Waals surface area contributed by atoms with Crippen molar-refractivity contribution < 1.29 is 32.3 Å². The third-order valence-electron chi connectivity index (χ3n) is 3.11. The van der Waals surface area contributed by atoms with Crippen LogP contribution in [0, 0.1) is 17.5 Å². The van der Waals surface area contributed by atoms with Gasteiger partial charge in [-0.3, -0.25) is 9.59 Å². The minimum atomic E-state index is -1.58. The fourth-order valence-electron chi connectivity index (χ4n) is 1.80. The van der Waals surface area contributed by atoms with Crippen molar-refractivity contribution in [2.24, 2.45) is 0 Å². The summed E-state index contributed by atoms with van der Waals surface area (Å²) < 4.78 is 44.2. The number of anilines is 1. The van der Waals surface area contributed by atoms with E-state index < -0.39 is 40.6 Å². The number of carbonyl (C=O) groups excluding carboxylic acids is 2. The van der Waals surface area contributed by atoms with E-state index in [1.54, 1.807) is 0 Å². The number of rotatable bonds is 4. The van der Waals surface area contributed by atoms with Crippen LogP contribution >= 0.6 is 0 Å². The van der Waals surface area contributed by atoms with Crippen LogP contribution in [0.5, 0.6) is 0 Å². The molecule has 0 radical (unpaired) electrons. The van der Waals surface area contributed by atoms with Gasteiger partial charge in [0, 0.05) is 12.1 Å². The number of halogens is 3. The molecule has 9 heteroatoms. The normalized spacial score (nSPS) is 13.2. The lowest BCUT2D eigenvalue weighted by atomic mass is 10.0. The highest BCUT2D eigenvalue weighted by molar-refractivity contribution is 6.39. The van der Waals surface area contributed by atoms with Gasteiger partial charge in [0.05, 0.1) is 18.5 Å². The molecule has 6 nitrogen and oxygen atoms in total. The van der Waals surface area contributed by atoms with Gasteiger partial charge in [0.2, 0.25) is 0 Å². The molecular weight excluding hydrogens is 329 g/mol. The van der Waals surface area contributed by atoms with Gasteiger partial charge in [0.15, 0.2) is 11.6 Å². The van der Waals surface area contributed by atoms with E-state index in [0.717, 1.165) is 0 Å². The van der Waals surface area contributed by atoms with E-state index in [1.165, 1.54) is 25.3 Å². The maximum Gasteiger partial charge on any atom is 0.313 e. The lowest BCUT2D eigenvalue weighted by molar-refractivity contribution is -0.136. The molecule has 24 heavy (non-hydrogen) atoms. The van der Waals surface area contributed by atoms with Gasteiger partial charge in [-0.25, -0.2) is 13.2 Å². The lowest BCUT2D eigenvalue weighted by Gasteiger charge is -2.20. The van der Waals surface area contributed by atoms with Gasteiger partial charge in [0.1, 0.15) is 17.2 Å². The molecule has 1 atom stereocenters. The molecular formula is C15H13F3N2O4. The first-order valence-corrected chi connectivity index (χ1v) is 6.71. The van der Waals surface area contributed by atoms with Gasteiger partial charge in [-0.15, -0.1) is 0 Å². The summed E-state index contributed by atoms with van der Waals surface area (Å²) >= 11 is 0. The average Bonchev–Trinajstić information content (AvgIpc) is 3.05. The summed E-state index contributed by atoms with van der Waals surface area (Å²) in [7, 11) is 0. The number of nitrogens with one attached hydrogen (secondary N) is 2. The second-order valence-corrected chi connectivity index (χ2v) is 5.13. The lowest BCUT2D eigenvalue weighted by Crippen LogP contribution is -2.43. The molecule has 0 fully saturated rings. The van der Waals surface area contributed by atoms with Crippen molar-refractivity contribution >= 4 is 17.5 Å². The molecule has 0 aliphatic heterocycles. The molecule has 0 saturated heterocycles. The van der Waals surface area contributed by atoms with E-state index >= 15 is 0 Å². The van der Waals surface area contributed by atoms with Crippen LogP contribution in [0.2, 0.25) is 0 Å². The first-order valence-electron chi connectivity index (χ1n) is 6.71. The van der Waals surface area contributed by atoms with E-state index in [1.807, 2.05) is 5.32 Å². The summed E-state index contributed by atoms with van der Waals surface area (Å²) in [6, 6.07) is 3.66. The molecule has 1 aromatic carbocycles. The Kier molecular flexibility index (Phi) is 4.93. The largest absolute Gasteiger partial charge is 0.466 e. The van der Waals surface area contributed by atoms with Gasteiger partial charge < -0.3 is 20.2 Å². The zero-order chi connectivity index (χ0) is 17.9. The van der Waals surface area contributed by atoms with Crippen molar-refractivity contribution in [3.8, 4) is 0 Å². The molecule has 1 aromatic heterocycles. The number of aliphatic hydroxyl groups is 1. The van der Waals surface area contributed by atoms with Crippen molar-refractivity contribution in [3.63, 3.8) is 0 Å². The highest BCUT2D eigenvalue weighted by Gasteiger charge is 2.28. The fraction of sp³-hybridized carbons (Fsp3) is 0.200. The number of amides is 2. The number of hydrogen-bond donors (Lipinski definition) is 3.